The zero-order valence-corrected chi connectivity index (χ0v) is 17.9. The molecule has 168 valence electrons. The first-order chi connectivity index (χ1) is 15.4. The number of anilines is 1. The van der Waals surface area contributed by atoms with Gasteiger partial charge in [-0.2, -0.15) is 0 Å². The summed E-state index contributed by atoms with van der Waals surface area (Å²) in [6, 6.07) is 10.5. The van der Waals surface area contributed by atoms with Crippen LogP contribution in [0.1, 0.15) is 12.0 Å². The van der Waals surface area contributed by atoms with E-state index in [2.05, 4.69) is 5.32 Å². The molecule has 1 aliphatic heterocycles. The van der Waals surface area contributed by atoms with Gasteiger partial charge < -0.3 is 19.5 Å². The Bertz CT molecular complexity index is 1060. The van der Waals surface area contributed by atoms with Crippen molar-refractivity contribution in [1.29, 1.82) is 0 Å². The molecule has 10 nitrogen and oxygen atoms in total. The molecule has 0 aliphatic carbocycles. The quantitative estimate of drug-likeness (QED) is 0.259. The van der Waals surface area contributed by atoms with E-state index in [0.717, 1.165) is 4.90 Å². The molecule has 3 rings (SSSR count). The highest BCUT2D eigenvalue weighted by Crippen LogP contribution is 2.34. The number of nitro benzene ring substituents is 1. The van der Waals surface area contributed by atoms with Gasteiger partial charge in [0.05, 0.1) is 24.7 Å². The van der Waals surface area contributed by atoms with Crippen LogP contribution in [-0.4, -0.2) is 56.1 Å². The smallest absolute Gasteiger partial charge is 0.278 e. The van der Waals surface area contributed by atoms with E-state index >= 15 is 0 Å². The number of nitro groups is 1. The minimum absolute atomic E-state index is 0.0773. The fourth-order valence-electron chi connectivity index (χ4n) is 3.34. The van der Waals surface area contributed by atoms with Gasteiger partial charge in [-0.1, -0.05) is 0 Å². The lowest BCUT2D eigenvalue weighted by molar-refractivity contribution is -0.384. The van der Waals surface area contributed by atoms with Gasteiger partial charge in [-0.3, -0.25) is 24.6 Å². The molecule has 2 aromatic carbocycles. The standard InChI is InChI=1S/C22H23N3O7/c1-30-12-4-11-24-21(26)19(14-5-8-16(9-6-14)25(28)29)20(22(24)27)23-15-7-10-17(31-2)18(13-15)32-3/h5-10,13,23H,4,11-12H2,1-3H3. The molecule has 0 saturated heterocycles. The van der Waals surface area contributed by atoms with Crippen molar-refractivity contribution in [2.45, 2.75) is 6.42 Å². The topological polar surface area (TPSA) is 120 Å². The Kier molecular flexibility index (Phi) is 7.06. The molecule has 0 fully saturated rings. The van der Waals surface area contributed by atoms with Gasteiger partial charge in [-0.15, -0.1) is 0 Å². The minimum Gasteiger partial charge on any atom is -0.493 e. The maximum atomic E-state index is 13.1. The summed E-state index contributed by atoms with van der Waals surface area (Å²) in [5, 5.41) is 14.0. The molecule has 2 amide bonds. The van der Waals surface area contributed by atoms with Crippen LogP contribution in [0.2, 0.25) is 0 Å². The Labute approximate surface area is 184 Å². The number of amides is 2. The summed E-state index contributed by atoms with van der Waals surface area (Å²) in [7, 11) is 4.54. The summed E-state index contributed by atoms with van der Waals surface area (Å²) in [6.07, 6.45) is 0.477. The molecule has 1 N–H and O–H groups in total. The molecule has 2 aromatic rings. The molecule has 32 heavy (non-hydrogen) atoms. The van der Waals surface area contributed by atoms with E-state index in [9.17, 15) is 19.7 Å². The van der Waals surface area contributed by atoms with Gasteiger partial charge in [0.2, 0.25) is 0 Å². The molecule has 1 heterocycles. The van der Waals surface area contributed by atoms with Crippen LogP contribution >= 0.6 is 0 Å². The second-order valence-electron chi connectivity index (χ2n) is 6.86. The van der Waals surface area contributed by atoms with Crippen molar-refractivity contribution in [3.05, 3.63) is 63.8 Å². The largest absolute Gasteiger partial charge is 0.493 e. The van der Waals surface area contributed by atoms with Gasteiger partial charge in [-0.25, -0.2) is 0 Å². The van der Waals surface area contributed by atoms with Crippen LogP contribution in [-0.2, 0) is 14.3 Å². The number of carbonyl (C=O) groups is 2. The summed E-state index contributed by atoms with van der Waals surface area (Å²) in [5.41, 5.74) is 1.01. The Morgan fingerprint density at radius 1 is 0.969 bits per heavy atom. The monoisotopic (exact) mass is 441 g/mol. The molecule has 0 unspecified atom stereocenters. The fourth-order valence-corrected chi connectivity index (χ4v) is 3.34. The summed E-state index contributed by atoms with van der Waals surface area (Å²) >= 11 is 0. The molecule has 0 radical (unpaired) electrons. The number of nitrogens with one attached hydrogen (secondary N) is 1. The lowest BCUT2D eigenvalue weighted by atomic mass is 10.0. The van der Waals surface area contributed by atoms with E-state index in [-0.39, 0.29) is 23.5 Å². The molecular weight excluding hydrogens is 418 g/mol. The van der Waals surface area contributed by atoms with Crippen LogP contribution < -0.4 is 14.8 Å². The van der Waals surface area contributed by atoms with Gasteiger partial charge in [-0.05, 0) is 36.2 Å². The van der Waals surface area contributed by atoms with Gasteiger partial charge in [0, 0.05) is 44.1 Å². The molecule has 0 saturated carbocycles. The average Bonchev–Trinajstić information content (AvgIpc) is 3.03. The maximum Gasteiger partial charge on any atom is 0.278 e. The fraction of sp³-hybridized carbons (Fsp3) is 0.273. The number of carbonyl (C=O) groups excluding carboxylic acids is 2. The van der Waals surface area contributed by atoms with E-state index in [4.69, 9.17) is 14.2 Å². The Morgan fingerprint density at radius 2 is 1.66 bits per heavy atom. The SMILES string of the molecule is COCCCN1C(=O)C(Nc2ccc(OC)c(OC)c2)=C(c2ccc([N+](=O)[O-])cc2)C1=O. The minimum atomic E-state index is -0.528. The third-order valence-electron chi connectivity index (χ3n) is 4.92. The number of rotatable bonds is 10. The number of nitrogens with zero attached hydrogens (tertiary/aromatic N) is 2. The van der Waals surface area contributed by atoms with Crippen molar-refractivity contribution in [2.24, 2.45) is 0 Å². The molecule has 0 atom stereocenters. The number of ether oxygens (including phenoxy) is 3. The van der Waals surface area contributed by atoms with Gasteiger partial charge in [0.25, 0.3) is 17.5 Å². The Hall–Kier alpha value is -3.92. The van der Waals surface area contributed by atoms with Crippen LogP contribution in [0.4, 0.5) is 11.4 Å². The summed E-state index contributed by atoms with van der Waals surface area (Å²) in [6.45, 7) is 0.571. The van der Waals surface area contributed by atoms with E-state index in [1.165, 1.54) is 45.6 Å². The van der Waals surface area contributed by atoms with E-state index in [1.54, 1.807) is 18.2 Å². The normalized spacial score (nSPS) is 13.5. The highest BCUT2D eigenvalue weighted by molar-refractivity contribution is 6.36. The van der Waals surface area contributed by atoms with Crippen LogP contribution in [0.3, 0.4) is 0 Å². The van der Waals surface area contributed by atoms with E-state index in [0.29, 0.717) is 35.8 Å². The third-order valence-corrected chi connectivity index (χ3v) is 4.92. The summed E-state index contributed by atoms with van der Waals surface area (Å²) in [5.74, 6) is -0.0153. The van der Waals surface area contributed by atoms with Crippen LogP contribution in [0.15, 0.2) is 48.2 Å². The van der Waals surface area contributed by atoms with Crippen LogP contribution in [0.5, 0.6) is 11.5 Å². The maximum absolute atomic E-state index is 13.1. The zero-order valence-electron chi connectivity index (χ0n) is 17.9. The summed E-state index contributed by atoms with van der Waals surface area (Å²) < 4.78 is 15.6. The first-order valence-corrected chi connectivity index (χ1v) is 9.74. The number of imide groups is 1. The summed E-state index contributed by atoms with van der Waals surface area (Å²) in [4.78, 5) is 37.9. The second-order valence-corrected chi connectivity index (χ2v) is 6.86. The molecule has 0 bridgehead atoms. The molecule has 1 aliphatic rings. The van der Waals surface area contributed by atoms with Crippen LogP contribution in [0.25, 0.3) is 5.57 Å². The average molecular weight is 441 g/mol. The number of non-ortho nitro benzene ring substituents is 1. The highest BCUT2D eigenvalue weighted by atomic mass is 16.6. The molecule has 0 aromatic heterocycles. The molecule has 0 spiro atoms. The zero-order chi connectivity index (χ0) is 23.3. The number of hydrogen-bond acceptors (Lipinski definition) is 8. The lowest BCUT2D eigenvalue weighted by Gasteiger charge is -2.15. The van der Waals surface area contributed by atoms with Gasteiger partial charge in [0.1, 0.15) is 5.70 Å². The van der Waals surface area contributed by atoms with Crippen molar-refractivity contribution in [3.8, 4) is 11.5 Å². The predicted octanol–water partition coefficient (Wildman–Crippen LogP) is 2.84. The molecular formula is C22H23N3O7. The predicted molar refractivity (Wildman–Crippen MR) is 116 cm³/mol. The number of benzene rings is 2. The van der Waals surface area contributed by atoms with Crippen molar-refractivity contribution in [3.63, 3.8) is 0 Å². The number of methoxy groups -OCH3 is 3. The number of hydrogen-bond donors (Lipinski definition) is 1. The lowest BCUT2D eigenvalue weighted by Crippen LogP contribution is -2.33. The van der Waals surface area contributed by atoms with Crippen molar-refractivity contribution >= 4 is 28.8 Å². The van der Waals surface area contributed by atoms with Gasteiger partial charge in [0.15, 0.2) is 11.5 Å². The van der Waals surface area contributed by atoms with Crippen molar-refractivity contribution in [1.82, 2.24) is 4.90 Å². The van der Waals surface area contributed by atoms with E-state index < -0.39 is 16.7 Å². The first kappa shape index (κ1) is 22.8. The molecule has 10 heteroatoms. The third kappa shape index (κ3) is 4.54. The van der Waals surface area contributed by atoms with Gasteiger partial charge >= 0.3 is 0 Å². The first-order valence-electron chi connectivity index (χ1n) is 9.74. The van der Waals surface area contributed by atoms with Crippen molar-refractivity contribution in [2.75, 3.05) is 39.8 Å². The highest BCUT2D eigenvalue weighted by Gasteiger charge is 2.39. The van der Waals surface area contributed by atoms with Crippen LogP contribution in [0, 0.1) is 10.1 Å². The van der Waals surface area contributed by atoms with Crippen molar-refractivity contribution < 1.29 is 28.7 Å². The Balaban J connectivity index is 2.02. The van der Waals surface area contributed by atoms with E-state index in [1.807, 2.05) is 0 Å². The second kappa shape index (κ2) is 9.92. The Morgan fingerprint density at radius 3 is 2.25 bits per heavy atom.